The minimum Gasteiger partial charge on any atom is -0.379 e. The zero-order valence-electron chi connectivity index (χ0n) is 14.5. The fourth-order valence-corrected chi connectivity index (χ4v) is 3.63. The highest BCUT2D eigenvalue weighted by Crippen LogP contribution is 2.23. The van der Waals surface area contributed by atoms with Crippen LogP contribution in [0.5, 0.6) is 0 Å². The van der Waals surface area contributed by atoms with E-state index in [0.717, 1.165) is 39.4 Å². The summed E-state index contributed by atoms with van der Waals surface area (Å²) in [5, 5.41) is 4.00. The highest BCUT2D eigenvalue weighted by atomic mass is 16.5. The van der Waals surface area contributed by atoms with E-state index in [0.29, 0.717) is 17.5 Å². The smallest absolute Gasteiger partial charge is 0.223 e. The molecule has 7 heteroatoms. The van der Waals surface area contributed by atoms with Crippen molar-refractivity contribution in [2.24, 2.45) is 13.0 Å². The molecule has 2 atom stereocenters. The van der Waals surface area contributed by atoms with E-state index in [1.807, 2.05) is 4.90 Å². The maximum atomic E-state index is 12.5. The van der Waals surface area contributed by atoms with Gasteiger partial charge in [-0.3, -0.25) is 19.2 Å². The summed E-state index contributed by atoms with van der Waals surface area (Å²) in [5.74, 6) is 0.518. The zero-order chi connectivity index (χ0) is 17.1. The van der Waals surface area contributed by atoms with Gasteiger partial charge in [-0.1, -0.05) is 6.92 Å². The molecule has 2 fully saturated rings. The van der Waals surface area contributed by atoms with Crippen LogP contribution in [-0.2, 0) is 16.6 Å². The second-order valence-corrected chi connectivity index (χ2v) is 6.82. The lowest BCUT2D eigenvalue weighted by atomic mass is 10.0. The number of nitrogens with zero attached hydrogens (tertiary/aromatic N) is 4. The van der Waals surface area contributed by atoms with Gasteiger partial charge in [0.05, 0.1) is 25.0 Å². The van der Waals surface area contributed by atoms with Crippen LogP contribution >= 0.6 is 0 Å². The molecule has 0 saturated carbocycles. The van der Waals surface area contributed by atoms with Crippen LogP contribution in [0.25, 0.3) is 0 Å². The molecule has 2 saturated heterocycles. The van der Waals surface area contributed by atoms with E-state index in [1.165, 1.54) is 0 Å². The first-order valence-electron chi connectivity index (χ1n) is 8.66. The summed E-state index contributed by atoms with van der Waals surface area (Å²) in [6, 6.07) is 0.409. The van der Waals surface area contributed by atoms with E-state index < -0.39 is 0 Å². The van der Waals surface area contributed by atoms with E-state index >= 15 is 0 Å². The van der Waals surface area contributed by atoms with Crippen molar-refractivity contribution in [2.75, 3.05) is 39.4 Å². The first-order valence-corrected chi connectivity index (χ1v) is 8.66. The number of amides is 1. The number of rotatable bonds is 5. The molecular formula is C17H26N4O3. The molecule has 1 amide bonds. The summed E-state index contributed by atoms with van der Waals surface area (Å²) < 4.78 is 7.01. The third kappa shape index (κ3) is 3.84. The van der Waals surface area contributed by atoms with Gasteiger partial charge in [0.15, 0.2) is 5.78 Å². The summed E-state index contributed by atoms with van der Waals surface area (Å²) in [6.45, 7) is 7.18. The van der Waals surface area contributed by atoms with E-state index in [-0.39, 0.29) is 24.5 Å². The van der Waals surface area contributed by atoms with Crippen LogP contribution in [0.3, 0.4) is 0 Å². The number of likely N-dealkylation sites (tertiary alicyclic amines) is 1. The lowest BCUT2D eigenvalue weighted by Gasteiger charge is -2.33. The first-order chi connectivity index (χ1) is 11.5. The molecule has 1 aromatic heterocycles. The van der Waals surface area contributed by atoms with Gasteiger partial charge < -0.3 is 9.64 Å². The first kappa shape index (κ1) is 17.1. The van der Waals surface area contributed by atoms with Crippen LogP contribution in [0, 0.1) is 5.92 Å². The molecule has 3 heterocycles. The van der Waals surface area contributed by atoms with Gasteiger partial charge in [0.2, 0.25) is 5.91 Å². The lowest BCUT2D eigenvalue weighted by molar-refractivity contribution is -0.130. The van der Waals surface area contributed by atoms with Gasteiger partial charge >= 0.3 is 0 Å². The Bertz CT molecular complexity index is 594. The van der Waals surface area contributed by atoms with Crippen molar-refractivity contribution in [1.82, 2.24) is 19.6 Å². The maximum Gasteiger partial charge on any atom is 0.223 e. The van der Waals surface area contributed by atoms with Crippen LogP contribution in [0.4, 0.5) is 0 Å². The number of hydrogen-bond donors (Lipinski definition) is 0. The van der Waals surface area contributed by atoms with E-state index in [9.17, 15) is 9.59 Å². The fraction of sp³-hybridized carbons (Fsp3) is 0.706. The molecule has 0 aliphatic carbocycles. The number of hydrogen-bond acceptors (Lipinski definition) is 5. The van der Waals surface area contributed by atoms with Crippen molar-refractivity contribution >= 4 is 11.7 Å². The van der Waals surface area contributed by atoms with Gasteiger partial charge in [-0.05, 0) is 5.92 Å². The Balaban J connectivity index is 1.49. The molecule has 0 aromatic carbocycles. The lowest BCUT2D eigenvalue weighted by Crippen LogP contribution is -2.47. The second kappa shape index (κ2) is 7.44. The number of ketones is 1. The third-order valence-corrected chi connectivity index (χ3v) is 5.03. The summed E-state index contributed by atoms with van der Waals surface area (Å²) >= 11 is 0. The fourth-order valence-electron chi connectivity index (χ4n) is 3.63. The number of carbonyl (C=O) groups excluding carboxylic acids is 2. The van der Waals surface area contributed by atoms with Gasteiger partial charge in [-0.15, -0.1) is 0 Å². The monoisotopic (exact) mass is 334 g/mol. The number of morpholine rings is 1. The van der Waals surface area contributed by atoms with Crippen molar-refractivity contribution < 1.29 is 14.3 Å². The molecule has 7 nitrogen and oxygen atoms in total. The SMILES string of the molecule is CC1CN(C(=O)CCC(=O)c2cnn(C)c2)CC1N1CCOCC1. The van der Waals surface area contributed by atoms with Crippen LogP contribution in [0.15, 0.2) is 12.4 Å². The Morgan fingerprint density at radius 2 is 2.00 bits per heavy atom. The number of Topliss-reactive ketones (excluding diaryl/α,β-unsaturated/α-hetero) is 1. The van der Waals surface area contributed by atoms with Crippen LogP contribution in [0.2, 0.25) is 0 Å². The normalized spacial score (nSPS) is 25.2. The average Bonchev–Trinajstić information content (AvgIpc) is 3.19. The Kier molecular flexibility index (Phi) is 5.30. The molecule has 3 rings (SSSR count). The maximum absolute atomic E-state index is 12.5. The summed E-state index contributed by atoms with van der Waals surface area (Å²) in [5.41, 5.74) is 0.575. The van der Waals surface area contributed by atoms with Crippen molar-refractivity contribution in [1.29, 1.82) is 0 Å². The molecular weight excluding hydrogens is 308 g/mol. The van der Waals surface area contributed by atoms with Gasteiger partial charge in [0.1, 0.15) is 0 Å². The Labute approximate surface area is 142 Å². The van der Waals surface area contributed by atoms with Crippen molar-refractivity contribution in [3.63, 3.8) is 0 Å². The molecule has 2 unspecified atom stereocenters. The van der Waals surface area contributed by atoms with Gasteiger partial charge in [-0.2, -0.15) is 5.10 Å². The quantitative estimate of drug-likeness (QED) is 0.736. The van der Waals surface area contributed by atoms with Crippen LogP contribution in [0.1, 0.15) is 30.1 Å². The molecule has 132 valence electrons. The van der Waals surface area contributed by atoms with Crippen LogP contribution < -0.4 is 0 Å². The minimum atomic E-state index is -0.0200. The molecule has 24 heavy (non-hydrogen) atoms. The van der Waals surface area contributed by atoms with Gasteiger partial charge in [-0.25, -0.2) is 0 Å². The van der Waals surface area contributed by atoms with E-state index in [2.05, 4.69) is 16.9 Å². The molecule has 2 aliphatic heterocycles. The van der Waals surface area contributed by atoms with Crippen LogP contribution in [-0.4, -0.2) is 76.7 Å². The summed E-state index contributed by atoms with van der Waals surface area (Å²) in [7, 11) is 1.78. The van der Waals surface area contributed by atoms with E-state index in [1.54, 1.807) is 24.1 Å². The predicted molar refractivity (Wildman–Crippen MR) is 88.7 cm³/mol. The molecule has 0 bridgehead atoms. The van der Waals surface area contributed by atoms with Crippen molar-refractivity contribution in [3.05, 3.63) is 18.0 Å². The minimum absolute atomic E-state index is 0.0200. The average molecular weight is 334 g/mol. The van der Waals surface area contributed by atoms with E-state index in [4.69, 9.17) is 4.74 Å². The molecule has 0 N–H and O–H groups in total. The Hall–Kier alpha value is -1.73. The van der Waals surface area contributed by atoms with Crippen molar-refractivity contribution in [2.45, 2.75) is 25.8 Å². The van der Waals surface area contributed by atoms with Crippen molar-refractivity contribution in [3.8, 4) is 0 Å². The van der Waals surface area contributed by atoms with Gasteiger partial charge in [0.25, 0.3) is 0 Å². The predicted octanol–water partition coefficient (Wildman–Crippen LogP) is 0.562. The number of carbonyl (C=O) groups is 2. The third-order valence-electron chi connectivity index (χ3n) is 5.03. The second-order valence-electron chi connectivity index (χ2n) is 6.82. The highest BCUT2D eigenvalue weighted by Gasteiger charge is 2.36. The Morgan fingerprint density at radius 1 is 1.25 bits per heavy atom. The zero-order valence-corrected chi connectivity index (χ0v) is 14.5. The number of aryl methyl sites for hydroxylation is 1. The largest absolute Gasteiger partial charge is 0.379 e. The molecule has 1 aromatic rings. The van der Waals surface area contributed by atoms with Gasteiger partial charge in [0, 0.05) is 58.3 Å². The summed E-state index contributed by atoms with van der Waals surface area (Å²) in [6.07, 6.45) is 3.77. The molecule has 2 aliphatic rings. The summed E-state index contributed by atoms with van der Waals surface area (Å²) in [4.78, 5) is 28.9. The number of aromatic nitrogens is 2. The molecule has 0 radical (unpaired) electrons. The standard InChI is InChI=1S/C17H26N4O3/c1-13-10-21(12-15(13)20-5-7-24-8-6-20)17(23)4-3-16(22)14-9-18-19(2)11-14/h9,11,13,15H,3-8,10,12H2,1-2H3. The Morgan fingerprint density at radius 3 is 2.67 bits per heavy atom. The molecule has 0 spiro atoms. The number of ether oxygens (including phenoxy) is 1. The highest BCUT2D eigenvalue weighted by molar-refractivity contribution is 5.97. The topological polar surface area (TPSA) is 67.7 Å².